The summed E-state index contributed by atoms with van der Waals surface area (Å²) in [5.74, 6) is 5.13. The van der Waals surface area contributed by atoms with Crippen LogP contribution in [0.25, 0.3) is 17.1 Å². The minimum Gasteiger partial charge on any atom is -0.382 e. The number of nitrogens with zero attached hydrogens (tertiary/aromatic N) is 21. The smallest absolute Gasteiger partial charge is 0.158 e. The molecule has 6 aromatic heterocycles. The lowest BCUT2D eigenvalue weighted by Gasteiger charge is -2.31. The van der Waals surface area contributed by atoms with Crippen LogP contribution in [0.1, 0.15) is 185 Å². The lowest BCUT2D eigenvalue weighted by molar-refractivity contribution is -0.169. The van der Waals surface area contributed by atoms with Crippen LogP contribution < -0.4 is 31.9 Å². The summed E-state index contributed by atoms with van der Waals surface area (Å²) >= 11 is 0. The van der Waals surface area contributed by atoms with Crippen molar-refractivity contribution in [1.82, 2.24) is 137 Å². The monoisotopic (exact) mass is 1970 g/mol. The Morgan fingerprint density at radius 3 is 1.17 bits per heavy atom. The third-order valence-electron chi connectivity index (χ3n) is 22.5. The molecule has 5 aliphatic rings. The van der Waals surface area contributed by atoms with Crippen LogP contribution in [0, 0.1) is 0 Å². The van der Waals surface area contributed by atoms with Gasteiger partial charge in [0.25, 0.3) is 0 Å². The third-order valence-corrected chi connectivity index (χ3v) is 24.4. The van der Waals surface area contributed by atoms with Gasteiger partial charge in [0, 0.05) is 166 Å². The number of ether oxygens (including phenoxy) is 12. The highest BCUT2D eigenvalue weighted by molar-refractivity contribution is 8.00. The Kier molecular flexibility index (Phi) is 55.4. The van der Waals surface area contributed by atoms with Gasteiger partial charge in [-0.1, -0.05) is 151 Å². The molecule has 0 aliphatic carbocycles. The Hall–Kier alpha value is -8.32. The Bertz CT molecular complexity index is 4730. The van der Waals surface area contributed by atoms with Crippen molar-refractivity contribution in [2.75, 3.05) is 177 Å². The number of piperazine rings is 1. The molecule has 3 aromatic carbocycles. The third kappa shape index (κ3) is 49.8. The van der Waals surface area contributed by atoms with E-state index < -0.39 is 9.52 Å². The van der Waals surface area contributed by atoms with Crippen molar-refractivity contribution in [3.63, 3.8) is 0 Å². The summed E-state index contributed by atoms with van der Waals surface area (Å²) in [6, 6.07) is 28.1. The summed E-state index contributed by atoms with van der Waals surface area (Å²) in [5.41, 5.74) is 12.1. The highest BCUT2D eigenvalue weighted by atomic mass is 32.2. The molecule has 0 amide bonds. The van der Waals surface area contributed by atoms with Crippen LogP contribution in [0.2, 0.25) is 0 Å². The van der Waals surface area contributed by atoms with E-state index in [1.54, 1.807) is 21.2 Å². The molecule has 5 aliphatic heterocycles. The fraction of sp³-hybridized carbons (Fsp3) is 0.687. The first-order chi connectivity index (χ1) is 67.9. The van der Waals surface area contributed by atoms with Crippen molar-refractivity contribution in [2.45, 2.75) is 268 Å². The number of rotatable bonds is 56. The van der Waals surface area contributed by atoms with E-state index in [-0.39, 0.29) is 18.7 Å². The number of nitrogens with one attached hydrogen (secondary N) is 6. The maximum absolute atomic E-state index is 11.9. The van der Waals surface area contributed by atoms with Crippen LogP contribution >= 0.6 is 0 Å². The summed E-state index contributed by atoms with van der Waals surface area (Å²) in [4.78, 5) is 7.05. The Morgan fingerprint density at radius 2 is 0.743 bits per heavy atom. The second-order valence-electron chi connectivity index (χ2n) is 37.4. The molecule has 40 nitrogen and oxygen atoms in total. The molecule has 11 heterocycles. The molecule has 6 N–H and O–H groups in total. The largest absolute Gasteiger partial charge is 0.382 e. The van der Waals surface area contributed by atoms with Gasteiger partial charge in [-0.2, -0.15) is 0 Å². The predicted octanol–water partition coefficient (Wildman–Crippen LogP) is 8.41. The molecular formula is C99H167N27O13S. The highest BCUT2D eigenvalue weighted by Crippen LogP contribution is 2.20. The molecule has 5 fully saturated rings. The molecule has 0 bridgehead atoms. The summed E-state index contributed by atoms with van der Waals surface area (Å²) in [6.07, 6.45) is 20.4. The molecule has 9 aromatic rings. The van der Waals surface area contributed by atoms with E-state index in [0.717, 1.165) is 214 Å². The average molecular weight is 1980 g/mol. The molecule has 782 valence electrons. The van der Waals surface area contributed by atoms with Gasteiger partial charge < -0.3 is 93.6 Å². The van der Waals surface area contributed by atoms with Crippen molar-refractivity contribution in [3.8, 4) is 17.1 Å². The number of aryl methyl sites for hydroxylation is 2. The van der Waals surface area contributed by atoms with Crippen LogP contribution in [-0.2, 0) is 145 Å². The number of aromatic nitrogens is 18. The molecule has 5 saturated heterocycles. The van der Waals surface area contributed by atoms with Gasteiger partial charge in [-0.3, -0.25) is 23.4 Å². The minimum atomic E-state index is -1.85. The van der Waals surface area contributed by atoms with Crippen molar-refractivity contribution in [2.24, 2.45) is 0 Å². The highest BCUT2D eigenvalue weighted by Gasteiger charge is 2.23. The molecule has 41 heteroatoms. The lowest BCUT2D eigenvalue weighted by atomic mass is 10.2. The fourth-order valence-electron chi connectivity index (χ4n) is 14.2. The Labute approximate surface area is 831 Å². The quantitative estimate of drug-likeness (QED) is 0.0154. The van der Waals surface area contributed by atoms with E-state index in [4.69, 9.17) is 56.8 Å². The van der Waals surface area contributed by atoms with Gasteiger partial charge in [0.05, 0.1) is 172 Å². The van der Waals surface area contributed by atoms with Crippen LogP contribution in [0.5, 0.6) is 0 Å². The molecule has 0 radical (unpaired) electrons. The summed E-state index contributed by atoms with van der Waals surface area (Å²) in [6.45, 7) is 52.0. The summed E-state index contributed by atoms with van der Waals surface area (Å²) < 4.78 is 88.3. The SMILES string of the molecule is C=S1(=O)CCN(Cc2cn(CCOCCOCCOCCNC(C)C)nn2)CC1.CC(C)NCCCn1cc(COC2CCCCO2)nn1.CC(C)NCCCn1cc(COC2COC2)nn1.CC(C)NCc1ccc(-n2cc(CN3CCN(C)CC3)nn2)cc1.CC(C)NCc1ccc(-n2cc(COC3CCCCO3)nn2)cc1.COCCOCCOCc1cn(-c2ccc(CNC(C)C)cc2)nn1. The first kappa shape index (κ1) is 115. The molecule has 0 saturated carbocycles. The second kappa shape index (κ2) is 67.3. The van der Waals surface area contributed by atoms with Gasteiger partial charge in [-0.25, -0.2) is 18.7 Å². The number of benzene rings is 3. The zero-order chi connectivity index (χ0) is 99.6. The predicted molar refractivity (Wildman–Crippen MR) is 543 cm³/mol. The molecule has 0 spiro atoms. The van der Waals surface area contributed by atoms with E-state index in [9.17, 15) is 4.21 Å². The average Bonchev–Trinajstić information content (AvgIpc) is 1.73. The van der Waals surface area contributed by atoms with Gasteiger partial charge >= 0.3 is 0 Å². The second-order valence-corrected chi connectivity index (χ2v) is 40.2. The van der Waals surface area contributed by atoms with Crippen molar-refractivity contribution in [1.29, 1.82) is 0 Å². The zero-order valence-corrected chi connectivity index (χ0v) is 87.0. The topological polar surface area (TPSA) is 394 Å². The first-order valence-electron chi connectivity index (χ1n) is 50.5. The van der Waals surface area contributed by atoms with Crippen molar-refractivity contribution >= 4 is 15.4 Å². The van der Waals surface area contributed by atoms with Gasteiger partial charge in [0.2, 0.25) is 0 Å². The molecule has 140 heavy (non-hydrogen) atoms. The Balaban J connectivity index is 0.000000189. The van der Waals surface area contributed by atoms with Gasteiger partial charge in [-0.15, -0.1) is 30.6 Å². The van der Waals surface area contributed by atoms with E-state index in [1.807, 2.05) is 63.4 Å². The number of hydrogen-bond acceptors (Lipinski definition) is 34. The molecule has 2 atom stereocenters. The van der Waals surface area contributed by atoms with Crippen LogP contribution in [0.3, 0.4) is 0 Å². The lowest BCUT2D eigenvalue weighted by Crippen LogP contribution is -2.43. The van der Waals surface area contributed by atoms with Crippen LogP contribution in [0.4, 0.5) is 0 Å². The molecule has 14 rings (SSSR count). The number of hydrogen-bond donors (Lipinski definition) is 6. The number of methoxy groups -OCH3 is 1. The van der Waals surface area contributed by atoms with Crippen LogP contribution in [-0.4, -0.2) is 347 Å². The zero-order valence-electron chi connectivity index (χ0n) is 86.2. The molecule has 2 unspecified atom stereocenters. The maximum Gasteiger partial charge on any atom is 0.158 e. The fourth-order valence-corrected chi connectivity index (χ4v) is 15.6. The normalized spacial score (nSPS) is 16.5. The Morgan fingerprint density at radius 1 is 0.386 bits per heavy atom. The van der Waals surface area contributed by atoms with Gasteiger partial charge in [-0.05, 0) is 140 Å². The van der Waals surface area contributed by atoms with Crippen LogP contribution in [0.15, 0.2) is 110 Å². The van der Waals surface area contributed by atoms with E-state index in [1.165, 1.54) is 23.1 Å². The standard InChI is InChI=1S/C19H37N5O4S.C18H28N6.C18H28N4O3.C18H26N4O2.C14H26N4O2.C12H22N4O2/c1-18(2)20-4-8-26-10-12-28-13-11-27-9-5-24-17-19(21-22-24)16-23-6-14-29(3,25)15-7-23;1-15(2)19-12-16-4-6-18(7-5-16)24-14-17(20-21-24)13-23-10-8-22(3)9-11-23;1-15(2)19-12-16-4-6-18(7-5-16)22-13-17(20-21-22)14-25-11-10-24-9-8-23-3;1-14(2)19-11-15-6-8-17(9-7-15)22-12-16(20-21-22)13-24-18-5-3-4-10-23-18;1-12(2)15-7-5-8-18-10-13(16-17-18)11-20-14-6-3-4-9-19-14;1-10(2)13-4-3-5-16-6-11(14-15-16)7-18-12-8-17-9-12/h17-18,20H,3-16H2,1-2H3;4-7,14-15,19H,8-13H2,1-3H3;4-7,13,15,19H,8-12,14H2,1-3H3;6-9,12,14,18-19H,3-5,10-11,13H2,1-2H3;10,12,14-15H,3-9,11H2,1-2H3;6,10,12-13H,3-5,7-9H2,1-2H3. The van der Waals surface area contributed by atoms with Crippen molar-refractivity contribution < 1.29 is 61.1 Å². The van der Waals surface area contributed by atoms with E-state index >= 15 is 0 Å². The first-order valence-corrected chi connectivity index (χ1v) is 52.6. The van der Waals surface area contributed by atoms with E-state index in [2.05, 4.69) is 265 Å². The number of likely N-dealkylation sites (N-methyl/N-ethyl adjacent to an activating group) is 1. The summed E-state index contributed by atoms with van der Waals surface area (Å²) in [7, 11) is 1.97. The minimum absolute atomic E-state index is 0.0656. The van der Waals surface area contributed by atoms with E-state index in [0.29, 0.717) is 160 Å². The summed E-state index contributed by atoms with van der Waals surface area (Å²) in [5, 5.41) is 70.3. The maximum atomic E-state index is 11.9. The molecular weight excluding hydrogens is 1810 g/mol. The van der Waals surface area contributed by atoms with Gasteiger partial charge in [0.1, 0.15) is 28.9 Å². The van der Waals surface area contributed by atoms with Gasteiger partial charge in [0.15, 0.2) is 12.6 Å². The van der Waals surface area contributed by atoms with Crippen molar-refractivity contribution in [3.05, 3.63) is 161 Å².